The Morgan fingerprint density at radius 2 is 2.11 bits per heavy atom. The molecule has 2 unspecified atom stereocenters. The van der Waals surface area contributed by atoms with Gasteiger partial charge in [-0.15, -0.1) is 11.8 Å². The van der Waals surface area contributed by atoms with E-state index in [4.69, 9.17) is 14.9 Å². The van der Waals surface area contributed by atoms with Crippen LogP contribution in [0.15, 0.2) is 47.1 Å². The molecule has 2 atom stereocenters. The standard InChI is InChI=1S/C14H15NO2S/c15-14-11-5-1-2-6-12(11)17-8-13(14)18-9-10-4-3-7-16-10/h1-7,13-14H,8-9,15H2. The fraction of sp³-hybridized carbons (Fsp3) is 0.286. The van der Waals surface area contributed by atoms with Crippen molar-refractivity contribution in [3.05, 3.63) is 54.0 Å². The molecule has 0 saturated carbocycles. The van der Waals surface area contributed by atoms with E-state index >= 15 is 0 Å². The molecule has 4 heteroatoms. The fourth-order valence-corrected chi connectivity index (χ4v) is 3.16. The predicted octanol–water partition coefficient (Wildman–Crippen LogP) is 2.97. The van der Waals surface area contributed by atoms with Crippen molar-refractivity contribution in [1.29, 1.82) is 0 Å². The largest absolute Gasteiger partial charge is 0.492 e. The highest BCUT2D eigenvalue weighted by atomic mass is 32.2. The second-order valence-corrected chi connectivity index (χ2v) is 5.53. The van der Waals surface area contributed by atoms with Crippen LogP contribution >= 0.6 is 11.8 Å². The zero-order valence-corrected chi connectivity index (χ0v) is 10.7. The lowest BCUT2D eigenvalue weighted by atomic mass is 10.0. The number of rotatable bonds is 3. The summed E-state index contributed by atoms with van der Waals surface area (Å²) in [5, 5.41) is 0.269. The van der Waals surface area contributed by atoms with Gasteiger partial charge < -0.3 is 14.9 Å². The zero-order chi connectivity index (χ0) is 12.4. The third kappa shape index (κ3) is 2.26. The molecule has 3 rings (SSSR count). The molecule has 0 amide bonds. The van der Waals surface area contributed by atoms with E-state index in [1.807, 2.05) is 36.4 Å². The molecule has 0 fully saturated rings. The van der Waals surface area contributed by atoms with Gasteiger partial charge in [0, 0.05) is 11.6 Å². The summed E-state index contributed by atoms with van der Waals surface area (Å²) in [6.07, 6.45) is 1.70. The Balaban J connectivity index is 1.69. The molecule has 3 nitrogen and oxygen atoms in total. The first-order valence-corrected chi connectivity index (χ1v) is 7.01. The monoisotopic (exact) mass is 261 g/mol. The summed E-state index contributed by atoms with van der Waals surface area (Å²) in [6, 6.07) is 11.9. The van der Waals surface area contributed by atoms with E-state index in [9.17, 15) is 0 Å². The van der Waals surface area contributed by atoms with Gasteiger partial charge in [0.25, 0.3) is 0 Å². The summed E-state index contributed by atoms with van der Waals surface area (Å²) in [4.78, 5) is 0. The first kappa shape index (κ1) is 11.7. The molecule has 0 aliphatic carbocycles. The molecule has 0 saturated heterocycles. The van der Waals surface area contributed by atoms with Crippen LogP contribution < -0.4 is 10.5 Å². The number of thioether (sulfide) groups is 1. The molecule has 2 aromatic rings. The third-order valence-corrected chi connectivity index (χ3v) is 4.41. The van der Waals surface area contributed by atoms with Crippen LogP contribution in [0.5, 0.6) is 5.75 Å². The van der Waals surface area contributed by atoms with Gasteiger partial charge in [0.2, 0.25) is 0 Å². The van der Waals surface area contributed by atoms with Crippen LogP contribution in [0.1, 0.15) is 17.4 Å². The minimum atomic E-state index is 0.0231. The Hall–Kier alpha value is -1.39. The number of benzene rings is 1. The van der Waals surface area contributed by atoms with Crippen molar-refractivity contribution >= 4 is 11.8 Å². The lowest BCUT2D eigenvalue weighted by Crippen LogP contribution is -2.33. The minimum absolute atomic E-state index is 0.0231. The van der Waals surface area contributed by atoms with Crippen LogP contribution in [0.4, 0.5) is 0 Å². The Labute approximate surface area is 110 Å². The Morgan fingerprint density at radius 1 is 1.22 bits per heavy atom. The van der Waals surface area contributed by atoms with Crippen LogP contribution in [0.2, 0.25) is 0 Å². The number of hydrogen-bond donors (Lipinski definition) is 1. The second kappa shape index (κ2) is 5.08. The smallest absolute Gasteiger partial charge is 0.124 e. The lowest BCUT2D eigenvalue weighted by molar-refractivity contribution is 0.276. The van der Waals surface area contributed by atoms with Crippen LogP contribution in [0.3, 0.4) is 0 Å². The van der Waals surface area contributed by atoms with Crippen molar-refractivity contribution in [3.63, 3.8) is 0 Å². The molecule has 1 aromatic carbocycles. The summed E-state index contributed by atoms with van der Waals surface area (Å²) in [5.74, 6) is 2.72. The van der Waals surface area contributed by atoms with Gasteiger partial charge in [-0.25, -0.2) is 0 Å². The van der Waals surface area contributed by atoms with Gasteiger partial charge in [-0.2, -0.15) is 0 Å². The highest BCUT2D eigenvalue weighted by molar-refractivity contribution is 7.99. The Morgan fingerprint density at radius 3 is 2.94 bits per heavy atom. The van der Waals surface area contributed by atoms with E-state index in [1.165, 1.54) is 0 Å². The highest BCUT2D eigenvalue weighted by Gasteiger charge is 2.28. The summed E-state index contributed by atoms with van der Waals surface area (Å²) < 4.78 is 11.1. The molecule has 1 aromatic heterocycles. The molecular weight excluding hydrogens is 246 g/mol. The number of ether oxygens (including phenoxy) is 1. The average Bonchev–Trinajstić information content (AvgIpc) is 2.91. The van der Waals surface area contributed by atoms with Crippen molar-refractivity contribution < 1.29 is 9.15 Å². The summed E-state index contributed by atoms with van der Waals surface area (Å²) in [5.41, 5.74) is 7.40. The van der Waals surface area contributed by atoms with Crippen molar-refractivity contribution in [2.24, 2.45) is 5.73 Å². The summed E-state index contributed by atoms with van der Waals surface area (Å²) in [6.45, 7) is 0.656. The topological polar surface area (TPSA) is 48.4 Å². The molecule has 1 aliphatic rings. The number of furan rings is 1. The van der Waals surface area contributed by atoms with Crippen molar-refractivity contribution in [1.82, 2.24) is 0 Å². The quantitative estimate of drug-likeness (QED) is 0.922. The lowest BCUT2D eigenvalue weighted by Gasteiger charge is -2.30. The summed E-state index contributed by atoms with van der Waals surface area (Å²) >= 11 is 1.78. The molecular formula is C14H15NO2S. The number of hydrogen-bond acceptors (Lipinski definition) is 4. The van der Waals surface area contributed by atoms with Crippen molar-refractivity contribution in [2.75, 3.05) is 6.61 Å². The van der Waals surface area contributed by atoms with E-state index in [0.717, 1.165) is 22.8 Å². The van der Waals surface area contributed by atoms with Gasteiger partial charge in [0.05, 0.1) is 17.3 Å². The first-order chi connectivity index (χ1) is 8.84. The van der Waals surface area contributed by atoms with Gasteiger partial charge in [0.1, 0.15) is 18.1 Å². The number of para-hydroxylation sites is 1. The van der Waals surface area contributed by atoms with Crippen LogP contribution in [-0.2, 0) is 5.75 Å². The van der Waals surface area contributed by atoms with Gasteiger partial charge >= 0.3 is 0 Å². The molecule has 0 spiro atoms. The second-order valence-electron chi connectivity index (χ2n) is 4.30. The Kier molecular flexibility index (Phi) is 3.30. The van der Waals surface area contributed by atoms with Crippen LogP contribution in [0.25, 0.3) is 0 Å². The highest BCUT2D eigenvalue weighted by Crippen LogP contribution is 2.36. The van der Waals surface area contributed by atoms with E-state index in [2.05, 4.69) is 0 Å². The fourth-order valence-electron chi connectivity index (χ4n) is 2.10. The van der Waals surface area contributed by atoms with Gasteiger partial charge in [-0.3, -0.25) is 0 Å². The minimum Gasteiger partial charge on any atom is -0.492 e. The molecule has 2 N–H and O–H groups in total. The van der Waals surface area contributed by atoms with Crippen LogP contribution in [0, 0.1) is 0 Å². The number of nitrogens with two attached hydrogens (primary N) is 1. The van der Waals surface area contributed by atoms with Gasteiger partial charge in [-0.05, 0) is 18.2 Å². The third-order valence-electron chi connectivity index (χ3n) is 3.10. The van der Waals surface area contributed by atoms with E-state index in [1.54, 1.807) is 18.0 Å². The van der Waals surface area contributed by atoms with Crippen molar-refractivity contribution in [3.8, 4) is 5.75 Å². The number of fused-ring (bicyclic) bond motifs is 1. The normalized spacial score (nSPS) is 22.3. The molecule has 1 aliphatic heterocycles. The van der Waals surface area contributed by atoms with E-state index < -0.39 is 0 Å². The van der Waals surface area contributed by atoms with Crippen molar-refractivity contribution in [2.45, 2.75) is 17.0 Å². The molecule has 94 valence electrons. The molecule has 2 heterocycles. The molecule has 0 bridgehead atoms. The first-order valence-electron chi connectivity index (χ1n) is 5.96. The maximum Gasteiger partial charge on any atom is 0.124 e. The van der Waals surface area contributed by atoms with Gasteiger partial charge in [0.15, 0.2) is 0 Å². The maximum atomic E-state index is 6.30. The maximum absolute atomic E-state index is 6.30. The van der Waals surface area contributed by atoms with E-state index in [0.29, 0.717) is 6.61 Å². The predicted molar refractivity (Wildman–Crippen MR) is 72.7 cm³/mol. The zero-order valence-electron chi connectivity index (χ0n) is 9.91. The molecule has 0 radical (unpaired) electrons. The van der Waals surface area contributed by atoms with Crippen LogP contribution in [-0.4, -0.2) is 11.9 Å². The SMILES string of the molecule is NC1c2ccccc2OCC1SCc1ccco1. The van der Waals surface area contributed by atoms with Gasteiger partial charge in [-0.1, -0.05) is 18.2 Å². The van der Waals surface area contributed by atoms with E-state index in [-0.39, 0.29) is 11.3 Å². The summed E-state index contributed by atoms with van der Waals surface area (Å²) in [7, 11) is 0. The molecule has 18 heavy (non-hydrogen) atoms. The average molecular weight is 261 g/mol. The Bertz CT molecular complexity index is 512.